The van der Waals surface area contributed by atoms with Gasteiger partial charge in [-0.25, -0.2) is 4.98 Å². The van der Waals surface area contributed by atoms with Gasteiger partial charge in [0.15, 0.2) is 0 Å². The number of carbonyl (C=O) groups is 2. The topological polar surface area (TPSA) is 93.5 Å². The van der Waals surface area contributed by atoms with Crippen LogP contribution in [0.2, 0.25) is 0 Å². The third-order valence-corrected chi connectivity index (χ3v) is 6.00. The summed E-state index contributed by atoms with van der Waals surface area (Å²) in [6, 6.07) is 3.66. The fourth-order valence-electron chi connectivity index (χ4n) is 3.71. The lowest BCUT2D eigenvalue weighted by molar-refractivity contribution is -0.114. The fraction of sp³-hybridized carbons (Fsp3) is 0.409. The molecule has 0 atom stereocenters. The fourth-order valence-corrected chi connectivity index (χ4v) is 4.78. The molecular weight excluding hydrogens is 402 g/mol. The summed E-state index contributed by atoms with van der Waals surface area (Å²) in [4.78, 5) is 31.0. The molecule has 158 valence electrons. The molecule has 0 radical (unpaired) electrons. The number of fused-ring (bicyclic) bond motifs is 2. The molecule has 3 aromatic rings. The van der Waals surface area contributed by atoms with Gasteiger partial charge in [-0.05, 0) is 39.8 Å². The predicted molar refractivity (Wildman–Crippen MR) is 117 cm³/mol. The summed E-state index contributed by atoms with van der Waals surface area (Å²) in [5.41, 5.74) is 2.81. The van der Waals surface area contributed by atoms with Crippen LogP contribution in [0.4, 0.5) is 5.69 Å². The largest absolute Gasteiger partial charge is 0.464 e. The van der Waals surface area contributed by atoms with Gasteiger partial charge in [0, 0.05) is 35.9 Å². The van der Waals surface area contributed by atoms with Crippen LogP contribution in [0.3, 0.4) is 0 Å². The van der Waals surface area contributed by atoms with Crippen LogP contribution in [0.15, 0.2) is 22.8 Å². The lowest BCUT2D eigenvalue weighted by atomic mass is 9.91. The second-order valence-electron chi connectivity index (χ2n) is 8.41. The molecule has 1 aliphatic rings. The number of anilines is 1. The van der Waals surface area contributed by atoms with Gasteiger partial charge in [-0.2, -0.15) is 0 Å². The van der Waals surface area contributed by atoms with Crippen molar-refractivity contribution in [3.8, 4) is 11.3 Å². The minimum Gasteiger partial charge on any atom is -0.464 e. The van der Waals surface area contributed by atoms with E-state index in [1.807, 2.05) is 39.8 Å². The number of nitrogens with zero attached hydrogens (tertiary/aromatic N) is 1. The van der Waals surface area contributed by atoms with Crippen molar-refractivity contribution >= 4 is 39.1 Å². The van der Waals surface area contributed by atoms with Crippen LogP contribution < -0.4 is 10.6 Å². The summed E-state index contributed by atoms with van der Waals surface area (Å²) < 4.78 is 11.8. The maximum atomic E-state index is 12.9. The number of aromatic nitrogens is 1. The molecule has 4 rings (SSSR count). The number of amides is 2. The summed E-state index contributed by atoms with van der Waals surface area (Å²) in [6.45, 7) is 9.67. The SMILES string of the molecule is CC(=O)Nc1c(C(=O)NC(C)C)sc2nc3c(c(-c4ccco4)c12)COC(C)(C)C3. The third-order valence-electron chi connectivity index (χ3n) is 4.92. The number of hydrogen-bond donors (Lipinski definition) is 2. The molecule has 0 fully saturated rings. The third kappa shape index (κ3) is 3.73. The van der Waals surface area contributed by atoms with Gasteiger partial charge in [0.05, 0.1) is 29.9 Å². The Morgan fingerprint density at radius 1 is 1.30 bits per heavy atom. The zero-order chi connectivity index (χ0) is 21.6. The molecule has 0 spiro atoms. The van der Waals surface area contributed by atoms with Gasteiger partial charge >= 0.3 is 0 Å². The molecule has 0 bridgehead atoms. The first-order valence-electron chi connectivity index (χ1n) is 9.91. The molecule has 0 aromatic carbocycles. The molecule has 3 aromatic heterocycles. The van der Waals surface area contributed by atoms with Crippen LogP contribution in [0.5, 0.6) is 0 Å². The molecular formula is C22H25N3O4S. The first-order valence-corrected chi connectivity index (χ1v) is 10.7. The van der Waals surface area contributed by atoms with Crippen LogP contribution in [0, 0.1) is 0 Å². The Balaban J connectivity index is 2.04. The normalized spacial score (nSPS) is 15.3. The van der Waals surface area contributed by atoms with Crippen LogP contribution in [-0.2, 0) is 22.6 Å². The molecule has 0 unspecified atom stereocenters. The highest BCUT2D eigenvalue weighted by molar-refractivity contribution is 7.21. The molecule has 2 N–H and O–H groups in total. The van der Waals surface area contributed by atoms with Crippen molar-refractivity contribution < 1.29 is 18.7 Å². The maximum absolute atomic E-state index is 12.9. The number of rotatable bonds is 4. The predicted octanol–water partition coefficient (Wildman–Crippen LogP) is 4.50. The average Bonchev–Trinajstić information content (AvgIpc) is 3.26. The minimum atomic E-state index is -0.330. The molecule has 1 aliphatic heterocycles. The van der Waals surface area contributed by atoms with Crippen molar-refractivity contribution in [1.29, 1.82) is 0 Å². The average molecular weight is 428 g/mol. The zero-order valence-corrected chi connectivity index (χ0v) is 18.5. The second-order valence-corrected chi connectivity index (χ2v) is 9.41. The quantitative estimate of drug-likeness (QED) is 0.639. The first-order chi connectivity index (χ1) is 14.2. The number of nitrogens with one attached hydrogen (secondary N) is 2. The Morgan fingerprint density at radius 3 is 2.70 bits per heavy atom. The van der Waals surface area contributed by atoms with Crippen molar-refractivity contribution in [3.63, 3.8) is 0 Å². The van der Waals surface area contributed by atoms with E-state index in [1.54, 1.807) is 6.26 Å². The van der Waals surface area contributed by atoms with E-state index in [9.17, 15) is 9.59 Å². The highest BCUT2D eigenvalue weighted by atomic mass is 32.1. The highest BCUT2D eigenvalue weighted by Crippen LogP contribution is 2.45. The number of carbonyl (C=O) groups excluding carboxylic acids is 2. The van der Waals surface area contributed by atoms with Crippen LogP contribution in [0.25, 0.3) is 21.5 Å². The van der Waals surface area contributed by atoms with Crippen LogP contribution in [-0.4, -0.2) is 28.4 Å². The molecule has 30 heavy (non-hydrogen) atoms. The highest BCUT2D eigenvalue weighted by Gasteiger charge is 2.33. The molecule has 0 saturated carbocycles. The lowest BCUT2D eigenvalue weighted by Crippen LogP contribution is -2.32. The standard InChI is InChI=1S/C22H25N3O4S/c1-11(2)23-20(27)19-18(24-12(3)26)17-16(15-7-6-8-28-15)13-10-29-22(4,5)9-14(13)25-21(17)30-19/h6-8,11H,9-10H2,1-5H3,(H,23,27)(H,24,26). The Hall–Kier alpha value is -2.71. The van der Waals surface area contributed by atoms with Gasteiger partial charge in [0.1, 0.15) is 15.5 Å². The van der Waals surface area contributed by atoms with Gasteiger partial charge in [-0.3, -0.25) is 9.59 Å². The number of ether oxygens (including phenoxy) is 1. The van der Waals surface area contributed by atoms with Crippen molar-refractivity contribution in [3.05, 3.63) is 34.5 Å². The zero-order valence-electron chi connectivity index (χ0n) is 17.7. The molecule has 0 aliphatic carbocycles. The number of hydrogen-bond acceptors (Lipinski definition) is 6. The second kappa shape index (κ2) is 7.52. The number of thiophene rings is 1. The lowest BCUT2D eigenvalue weighted by Gasteiger charge is -2.32. The first kappa shape index (κ1) is 20.6. The number of furan rings is 1. The van der Waals surface area contributed by atoms with Crippen molar-refractivity contribution in [2.75, 3.05) is 5.32 Å². The van der Waals surface area contributed by atoms with E-state index in [1.165, 1.54) is 18.3 Å². The molecule has 7 nitrogen and oxygen atoms in total. The van der Waals surface area contributed by atoms with Gasteiger partial charge in [0.2, 0.25) is 5.91 Å². The van der Waals surface area contributed by atoms with Gasteiger partial charge in [0.25, 0.3) is 5.91 Å². The Morgan fingerprint density at radius 2 is 2.07 bits per heavy atom. The molecule has 0 saturated heterocycles. The van der Waals surface area contributed by atoms with Crippen molar-refractivity contribution in [2.45, 2.75) is 59.3 Å². The summed E-state index contributed by atoms with van der Waals surface area (Å²) in [5.74, 6) is 0.160. The van der Waals surface area contributed by atoms with E-state index in [0.29, 0.717) is 39.6 Å². The van der Waals surface area contributed by atoms with Gasteiger partial charge in [-0.1, -0.05) is 0 Å². The minimum absolute atomic E-state index is 0.0344. The summed E-state index contributed by atoms with van der Waals surface area (Å²) in [5, 5.41) is 6.49. The smallest absolute Gasteiger partial charge is 0.263 e. The van der Waals surface area contributed by atoms with Gasteiger partial charge < -0.3 is 19.8 Å². The Labute approximate surface area is 178 Å². The van der Waals surface area contributed by atoms with Gasteiger partial charge in [-0.15, -0.1) is 11.3 Å². The van der Waals surface area contributed by atoms with Crippen molar-refractivity contribution in [1.82, 2.24) is 10.3 Å². The molecule has 2 amide bonds. The summed E-state index contributed by atoms with van der Waals surface area (Å²) in [6.07, 6.45) is 2.26. The van der Waals surface area contributed by atoms with E-state index in [-0.39, 0.29) is 23.5 Å². The van der Waals surface area contributed by atoms with Crippen molar-refractivity contribution in [2.24, 2.45) is 0 Å². The van der Waals surface area contributed by atoms with Crippen LogP contribution in [0.1, 0.15) is 55.5 Å². The molecule has 8 heteroatoms. The summed E-state index contributed by atoms with van der Waals surface area (Å²) >= 11 is 1.28. The summed E-state index contributed by atoms with van der Waals surface area (Å²) in [7, 11) is 0. The van der Waals surface area contributed by atoms with E-state index in [4.69, 9.17) is 14.1 Å². The Kier molecular flexibility index (Phi) is 5.15. The molecule has 4 heterocycles. The van der Waals surface area contributed by atoms with E-state index < -0.39 is 0 Å². The maximum Gasteiger partial charge on any atom is 0.263 e. The Bertz CT molecular complexity index is 1130. The van der Waals surface area contributed by atoms with E-state index >= 15 is 0 Å². The monoisotopic (exact) mass is 427 g/mol. The van der Waals surface area contributed by atoms with E-state index in [2.05, 4.69) is 10.6 Å². The van der Waals surface area contributed by atoms with E-state index in [0.717, 1.165) is 16.8 Å². The number of pyridine rings is 1. The van der Waals surface area contributed by atoms with Crippen LogP contribution >= 0.6 is 11.3 Å².